The van der Waals surface area contributed by atoms with Crippen LogP contribution in [0.4, 0.5) is 0 Å². The molecule has 3 rings (SSSR count). The van der Waals surface area contributed by atoms with Crippen molar-refractivity contribution in [2.45, 2.75) is 0 Å². The normalized spacial score (nSPS) is 10.1. The molecule has 0 aliphatic carbocycles. The molecule has 87 valence electrons. The Bertz CT molecular complexity index is 612. The van der Waals surface area contributed by atoms with E-state index >= 15 is 0 Å². The molecule has 0 amide bonds. The zero-order valence-corrected chi connectivity index (χ0v) is 11.4. The fourth-order valence-corrected chi connectivity index (χ4v) is 1.72. The van der Waals surface area contributed by atoms with Crippen LogP contribution in [-0.4, -0.2) is 4.98 Å². The zero-order valence-electron chi connectivity index (χ0n) is 9.01. The van der Waals surface area contributed by atoms with Gasteiger partial charge in [-0.3, -0.25) is 0 Å². The van der Waals surface area contributed by atoms with Gasteiger partial charge in [0.2, 0.25) is 0 Å². The predicted molar refractivity (Wildman–Crippen MR) is 63.9 cm³/mol. The number of hydrogen-bond donors (Lipinski definition) is 0. The van der Waals surface area contributed by atoms with Gasteiger partial charge in [0.25, 0.3) is 0 Å². The Kier molecular flexibility index (Phi) is 3.32. The van der Waals surface area contributed by atoms with Gasteiger partial charge in [0.1, 0.15) is 5.52 Å². The maximum Gasteiger partial charge on any atom is 0.170 e. The van der Waals surface area contributed by atoms with Gasteiger partial charge >= 0.3 is 0 Å². The Morgan fingerprint density at radius 3 is 2.41 bits per heavy atom. The first-order valence-corrected chi connectivity index (χ1v) is 5.11. The molecule has 2 nitrogen and oxygen atoms in total. The van der Waals surface area contributed by atoms with Crippen molar-refractivity contribution in [3.63, 3.8) is 0 Å². The first kappa shape index (κ1) is 11.9. The smallest absolute Gasteiger partial charge is 0.170 e. The van der Waals surface area contributed by atoms with Crippen LogP contribution in [0.15, 0.2) is 52.9 Å². The molecule has 1 aromatic heterocycles. The molecule has 17 heavy (non-hydrogen) atoms. The molecule has 3 heteroatoms. The molecule has 0 atom stereocenters. The van der Waals surface area contributed by atoms with Gasteiger partial charge in [-0.2, -0.15) is 18.6 Å². The second-order valence-electron chi connectivity index (χ2n) is 3.64. The summed E-state index contributed by atoms with van der Waals surface area (Å²) >= 11 is 0. The third kappa shape index (κ3) is 2.12. The first-order valence-electron chi connectivity index (χ1n) is 5.11. The topological polar surface area (TPSA) is 26.0 Å². The number of para-hydroxylation sites is 2. The van der Waals surface area contributed by atoms with Crippen LogP contribution in [0.5, 0.6) is 0 Å². The van der Waals surface area contributed by atoms with Gasteiger partial charge < -0.3 is 4.42 Å². The Balaban J connectivity index is 0.00000108. The molecule has 2 aromatic carbocycles. The van der Waals surface area contributed by atoms with Crippen molar-refractivity contribution in [3.8, 4) is 11.5 Å². The molecule has 1 heterocycles. The van der Waals surface area contributed by atoms with Gasteiger partial charge in [0.15, 0.2) is 11.5 Å². The molecule has 0 N–H and O–H groups in total. The molecule has 3 aromatic rings. The largest absolute Gasteiger partial charge is 0.448 e. The van der Waals surface area contributed by atoms with Crippen LogP contribution in [0, 0.1) is 6.92 Å². The molecular weight excluding hydrogens is 390 g/mol. The van der Waals surface area contributed by atoms with Crippen molar-refractivity contribution < 1.29 is 24.5 Å². The summed E-state index contributed by atoms with van der Waals surface area (Å²) in [5.74, 6) is 0.631. The number of nitrogens with zero attached hydrogens (tertiary/aromatic N) is 1. The number of benzene rings is 2. The molecule has 0 aliphatic heterocycles. The van der Waals surface area contributed by atoms with Crippen molar-refractivity contribution in [3.05, 3.63) is 61.0 Å². The molecular formula is C14H10IrNO-. The molecule has 0 bridgehead atoms. The Hall–Kier alpha value is -1.57. The summed E-state index contributed by atoms with van der Waals surface area (Å²) in [6, 6.07) is 15.6. The second kappa shape index (κ2) is 4.74. The predicted octanol–water partition coefficient (Wildman–Crippen LogP) is 3.67. The summed E-state index contributed by atoms with van der Waals surface area (Å²) in [5.41, 5.74) is 3.55. The fourth-order valence-electron chi connectivity index (χ4n) is 1.72. The molecule has 1 radical (unpaired) electrons. The van der Waals surface area contributed by atoms with Crippen LogP contribution in [0.3, 0.4) is 0 Å². The average Bonchev–Trinajstić information content (AvgIpc) is 2.73. The van der Waals surface area contributed by atoms with Crippen molar-refractivity contribution in [1.82, 2.24) is 4.98 Å². The Labute approximate surface area is 113 Å². The molecule has 0 unspecified atom stereocenters. The Morgan fingerprint density at radius 1 is 0.941 bits per heavy atom. The van der Waals surface area contributed by atoms with E-state index in [0.717, 1.165) is 22.2 Å². The van der Waals surface area contributed by atoms with E-state index < -0.39 is 0 Å². The van der Waals surface area contributed by atoms with Crippen LogP contribution in [0.2, 0.25) is 0 Å². The number of rotatable bonds is 1. The van der Waals surface area contributed by atoms with Crippen LogP contribution in [0.1, 0.15) is 5.56 Å². The van der Waals surface area contributed by atoms with Crippen LogP contribution < -0.4 is 0 Å². The average molecular weight is 400 g/mol. The number of oxazole rings is 1. The molecule has 0 spiro atoms. The molecule has 0 aliphatic rings. The minimum absolute atomic E-state index is 0. The second-order valence-corrected chi connectivity index (χ2v) is 3.64. The maximum absolute atomic E-state index is 5.68. The van der Waals surface area contributed by atoms with E-state index in [9.17, 15) is 0 Å². The fraction of sp³-hybridized carbons (Fsp3) is 0. The van der Waals surface area contributed by atoms with Crippen LogP contribution in [-0.2, 0) is 20.1 Å². The van der Waals surface area contributed by atoms with Crippen molar-refractivity contribution >= 4 is 11.1 Å². The summed E-state index contributed by atoms with van der Waals surface area (Å²) in [7, 11) is 0. The zero-order chi connectivity index (χ0) is 11.0. The summed E-state index contributed by atoms with van der Waals surface area (Å²) in [5, 5.41) is 0. The summed E-state index contributed by atoms with van der Waals surface area (Å²) in [4.78, 5) is 4.44. The van der Waals surface area contributed by atoms with Gasteiger partial charge in [0, 0.05) is 20.1 Å². The van der Waals surface area contributed by atoms with Gasteiger partial charge in [-0.05, 0) is 12.1 Å². The number of hydrogen-bond acceptors (Lipinski definition) is 2. The third-order valence-electron chi connectivity index (χ3n) is 2.54. The van der Waals surface area contributed by atoms with E-state index in [1.807, 2.05) is 48.5 Å². The Morgan fingerprint density at radius 2 is 1.65 bits per heavy atom. The number of fused-ring (bicyclic) bond motifs is 1. The molecule has 0 saturated heterocycles. The van der Waals surface area contributed by atoms with Gasteiger partial charge in [-0.15, -0.1) is 12.1 Å². The molecule has 0 saturated carbocycles. The summed E-state index contributed by atoms with van der Waals surface area (Å²) in [6.07, 6.45) is 0. The first-order chi connectivity index (χ1) is 7.84. The van der Waals surface area contributed by atoms with E-state index in [-0.39, 0.29) is 20.1 Å². The van der Waals surface area contributed by atoms with Gasteiger partial charge in [-0.1, -0.05) is 23.8 Å². The molecule has 0 fully saturated rings. The summed E-state index contributed by atoms with van der Waals surface area (Å²) in [6.45, 7) is 3.97. The monoisotopic (exact) mass is 401 g/mol. The van der Waals surface area contributed by atoms with Crippen LogP contribution in [0.25, 0.3) is 22.6 Å². The van der Waals surface area contributed by atoms with Gasteiger partial charge in [0.05, 0.1) is 0 Å². The van der Waals surface area contributed by atoms with Crippen LogP contribution >= 0.6 is 0 Å². The minimum Gasteiger partial charge on any atom is -0.448 e. The van der Waals surface area contributed by atoms with E-state index in [4.69, 9.17) is 4.42 Å². The van der Waals surface area contributed by atoms with E-state index in [1.54, 1.807) is 0 Å². The van der Waals surface area contributed by atoms with E-state index in [0.29, 0.717) is 5.89 Å². The standard InChI is InChI=1S/C14H10NO.Ir/c1-10-6-2-3-7-11(10)14-15-12-8-4-5-9-13(12)16-14;/h2-9H,1H2;/q-1;. The SMILES string of the molecule is [CH2-]c1ccccc1-c1nc2ccccc2o1.[Ir]. The number of aromatic nitrogens is 1. The minimum atomic E-state index is 0. The quantitative estimate of drug-likeness (QED) is 0.583. The van der Waals surface area contributed by atoms with Crippen molar-refractivity contribution in [2.75, 3.05) is 0 Å². The van der Waals surface area contributed by atoms with Gasteiger partial charge in [-0.25, -0.2) is 4.98 Å². The third-order valence-corrected chi connectivity index (χ3v) is 2.54. The van der Waals surface area contributed by atoms with E-state index in [2.05, 4.69) is 11.9 Å². The maximum atomic E-state index is 5.68. The van der Waals surface area contributed by atoms with Crippen molar-refractivity contribution in [2.24, 2.45) is 0 Å². The van der Waals surface area contributed by atoms with Crippen molar-refractivity contribution in [1.29, 1.82) is 0 Å². The summed E-state index contributed by atoms with van der Waals surface area (Å²) < 4.78 is 5.68. The van der Waals surface area contributed by atoms with E-state index in [1.165, 1.54) is 0 Å².